The van der Waals surface area contributed by atoms with E-state index in [9.17, 15) is 24.6 Å². The maximum absolute atomic E-state index is 12.7. The Morgan fingerprint density at radius 1 is 0.547 bits per heavy atom. The van der Waals surface area contributed by atoms with Crippen LogP contribution in [-0.2, 0) is 53.0 Å². The number of unbranched alkanes of at least 4 members (excludes halogenated alkanes) is 2. The molecule has 6 aromatic heterocycles. The summed E-state index contributed by atoms with van der Waals surface area (Å²) in [6.45, 7) is 35.5. The molecule has 1 aromatic carbocycles. The first kappa shape index (κ1) is 83.2. The van der Waals surface area contributed by atoms with Crippen molar-refractivity contribution in [2.45, 2.75) is 253 Å². The van der Waals surface area contributed by atoms with Gasteiger partial charge in [-0.15, -0.1) is 0 Å². The quantitative estimate of drug-likeness (QED) is 0.0299. The first-order valence-electron chi connectivity index (χ1n) is 36.6. The minimum Gasteiger partial charge on any atom is -0.481 e. The number of aliphatic carboxylic acids is 1. The van der Waals surface area contributed by atoms with Crippen molar-refractivity contribution < 1.29 is 67.7 Å². The fourth-order valence-electron chi connectivity index (χ4n) is 12.5. The summed E-state index contributed by atoms with van der Waals surface area (Å²) in [7, 11) is 0. The molecule has 5 fully saturated rings. The number of ether oxygens (including phenoxy) is 7. The average molecular weight is 1480 g/mol. The van der Waals surface area contributed by atoms with E-state index in [-0.39, 0.29) is 84.9 Å². The highest BCUT2D eigenvalue weighted by Gasteiger charge is 2.58. The minimum absolute atomic E-state index is 0.0263. The number of urea groups is 1. The van der Waals surface area contributed by atoms with Crippen LogP contribution in [0.4, 0.5) is 27.9 Å². The van der Waals surface area contributed by atoms with Crippen molar-refractivity contribution in [1.82, 2.24) is 79.0 Å². The van der Waals surface area contributed by atoms with Gasteiger partial charge < -0.3 is 91.4 Å². The maximum atomic E-state index is 12.7. The average Bonchev–Trinajstić information content (AvgIpc) is 1.60. The van der Waals surface area contributed by atoms with Gasteiger partial charge >= 0.3 is 6.03 Å². The lowest BCUT2D eigenvalue weighted by Crippen LogP contribution is -2.43. The monoisotopic (exact) mass is 1480 g/mol. The highest BCUT2D eigenvalue weighted by atomic mass is 16.8. The van der Waals surface area contributed by atoms with E-state index in [1.165, 1.54) is 41.9 Å². The molecule has 0 aliphatic carbocycles. The number of aromatic nitrogens is 12. The summed E-state index contributed by atoms with van der Waals surface area (Å²) in [4.78, 5) is 87.6. The lowest BCUT2D eigenvalue weighted by molar-refractivity contribution is -0.198. The predicted octanol–water partition coefficient (Wildman–Crippen LogP) is 7.39. The van der Waals surface area contributed by atoms with Crippen LogP contribution in [0.15, 0.2) is 62.2 Å². The van der Waals surface area contributed by atoms with E-state index in [0.29, 0.717) is 102 Å². The van der Waals surface area contributed by atoms with Crippen LogP contribution < -0.4 is 33.2 Å². The summed E-state index contributed by atoms with van der Waals surface area (Å²) in [5, 5.41) is 37.9. The van der Waals surface area contributed by atoms with Gasteiger partial charge in [0.1, 0.15) is 90.5 Å². The van der Waals surface area contributed by atoms with Crippen LogP contribution in [0.5, 0.6) is 0 Å². The summed E-state index contributed by atoms with van der Waals surface area (Å²) in [5.41, 5.74) is 23.1. The second-order valence-corrected chi connectivity index (χ2v) is 29.8. The van der Waals surface area contributed by atoms with Crippen molar-refractivity contribution in [2.75, 3.05) is 68.3 Å². The number of aliphatic hydroxyl groups excluding tert-OH is 2. The van der Waals surface area contributed by atoms with Crippen molar-refractivity contribution in [1.29, 1.82) is 0 Å². The topological polar surface area (TPSA) is 445 Å². The zero-order valence-corrected chi connectivity index (χ0v) is 64.1. The molecule has 0 spiro atoms. The Kier molecular flexibility index (Phi) is 28.6. The third kappa shape index (κ3) is 21.2. The Morgan fingerprint density at radius 2 is 0.953 bits per heavy atom. The molecule has 0 bridgehead atoms. The molecule has 0 radical (unpaired) electrons. The fraction of sp³-hybridized carbons (Fsp3) is 0.653. The van der Waals surface area contributed by atoms with Gasteiger partial charge in [-0.25, -0.2) is 49.7 Å². The molecule has 0 saturated carbocycles. The van der Waals surface area contributed by atoms with Crippen molar-refractivity contribution in [3.05, 3.63) is 67.8 Å². The largest absolute Gasteiger partial charge is 0.481 e. The van der Waals surface area contributed by atoms with Gasteiger partial charge in [0.15, 0.2) is 64.7 Å². The van der Waals surface area contributed by atoms with Crippen LogP contribution in [0, 0.1) is 5.41 Å². The third-order valence-corrected chi connectivity index (χ3v) is 18.5. The zero-order valence-electron chi connectivity index (χ0n) is 64.1. The lowest BCUT2D eigenvalue weighted by atomic mass is 9.87. The number of carboxylic acid groups (broad SMARTS) is 1. The number of benzene rings is 1. The Balaban J connectivity index is 0.000000192. The number of carbonyl (C=O) groups is 4. The van der Waals surface area contributed by atoms with Gasteiger partial charge in [-0.05, 0) is 82.0 Å². The van der Waals surface area contributed by atoms with Gasteiger partial charge in [-0.2, -0.15) is 0 Å². The molecule has 34 nitrogen and oxygen atoms in total. The normalized spacial score (nSPS) is 24.0. The number of imidazole rings is 3. The number of aliphatic hydroxyl groups is 2. The maximum Gasteiger partial charge on any atom is 0.319 e. The molecule has 4 amide bonds. The molecule has 5 aliphatic rings. The van der Waals surface area contributed by atoms with Gasteiger partial charge in [0.25, 0.3) is 5.97 Å². The van der Waals surface area contributed by atoms with Gasteiger partial charge in [0.2, 0.25) is 11.8 Å². The number of rotatable bonds is 22. The summed E-state index contributed by atoms with van der Waals surface area (Å²) < 4.78 is 48.5. The van der Waals surface area contributed by atoms with Crippen molar-refractivity contribution in [2.24, 2.45) is 5.41 Å². The molecule has 11 heterocycles. The smallest absolute Gasteiger partial charge is 0.319 e. The van der Waals surface area contributed by atoms with E-state index in [4.69, 9.17) is 60.3 Å². The highest BCUT2D eigenvalue weighted by molar-refractivity contribution is 5.89. The standard InChI is InChI=1S/C27H38N8O5.C20H30N6O4.C17H26N6O3.C6H14.C2H4O2/c1-5-19(36)34(12-6-11-29-26(39)33-17-9-7-16(8-10-17)27(2,3)4)13-18-21(37)22(38)25(40-18)35-15-32-20-23(28)30-14-31-24(20)35;1-5-7-8-25(13(27)6-2)9-12-15-16(30-20(3,4)29-15)19(28-12)26-11-24-14-17(21)22-10-23-18(14)26;1-4-5-6-19-7-10-12-13(26-17(2,3)25-12)16(24-10)23-9-22-11-14(18)20-8-21-15(11)23;1-5-6(2,3)4;1-2(3)4/h7-10,14-15,18,21-22,25,37-38H,5-6,11-13H2,1-4H3,(H2,28,30,31)(H2,29,33,39);10-12,15-16,19H,5-9H2,1-4H3,(H2,21,22,23);8-10,12-13,16,19H,4-7H2,1-3H3,(H2,18,20,21);5H2,1-4H3;1H3,(H,3,4)/t18-,21-,22-,25-;12-,15-,16-,19-;10-,12-,13-,16-;;/m111../s1. The molecule has 5 aliphatic heterocycles. The molecule has 5 saturated heterocycles. The first-order chi connectivity index (χ1) is 50.1. The molecule has 0 unspecified atom stereocenters. The lowest BCUT2D eigenvalue weighted by Gasteiger charge is -2.29. The van der Waals surface area contributed by atoms with E-state index in [1.54, 1.807) is 24.5 Å². The van der Waals surface area contributed by atoms with Crippen LogP contribution in [0.1, 0.15) is 186 Å². The van der Waals surface area contributed by atoms with Crippen LogP contribution >= 0.6 is 0 Å². The van der Waals surface area contributed by atoms with Crippen LogP contribution in [0.3, 0.4) is 0 Å². The van der Waals surface area contributed by atoms with E-state index >= 15 is 0 Å². The van der Waals surface area contributed by atoms with Crippen molar-refractivity contribution in [3.8, 4) is 0 Å². The van der Waals surface area contributed by atoms with Gasteiger partial charge in [0, 0.05) is 64.7 Å². The molecule has 584 valence electrons. The molecule has 106 heavy (non-hydrogen) atoms. The van der Waals surface area contributed by atoms with E-state index in [1.807, 2.05) is 72.9 Å². The fourth-order valence-corrected chi connectivity index (χ4v) is 12.5. The number of nitrogens with two attached hydrogens (primary N) is 3. The number of amides is 4. The Morgan fingerprint density at radius 3 is 1.39 bits per heavy atom. The van der Waals surface area contributed by atoms with Crippen molar-refractivity contribution in [3.63, 3.8) is 0 Å². The predicted molar refractivity (Wildman–Crippen MR) is 397 cm³/mol. The second-order valence-electron chi connectivity index (χ2n) is 29.8. The summed E-state index contributed by atoms with van der Waals surface area (Å²) in [5.74, 6) is -1.40. The number of anilines is 4. The Hall–Kier alpha value is -8.45. The van der Waals surface area contributed by atoms with Gasteiger partial charge in [0.05, 0.1) is 19.0 Å². The molecule has 34 heteroatoms. The van der Waals surface area contributed by atoms with Crippen LogP contribution in [0.2, 0.25) is 0 Å². The molecule has 7 aromatic rings. The molecular formula is C72H112N20O14. The number of fused-ring (bicyclic) bond motifs is 5. The van der Waals surface area contributed by atoms with E-state index in [2.05, 4.69) is 123 Å². The van der Waals surface area contributed by atoms with Gasteiger partial charge in [-0.3, -0.25) is 28.1 Å². The minimum atomic E-state index is -1.28. The number of hydrogen-bond donors (Lipinski definition) is 9. The SMILES string of the molecule is CC(=O)O.CCC(=O)N(CCCNC(=O)Nc1ccc(C(C)(C)C)cc1)C[C@H]1O[C@@H](n2cnc3c(N)ncnc32)[C@H](O)[C@@H]1O.CCC(C)(C)C.CCCCN(C[C@H]1O[C@@H](n2cnc3c(N)ncnc32)[C@@H]2OC(C)(C)O[C@@H]21)C(=O)CC.CCCCNC[C@H]1O[C@@H](n2cnc3c(N)ncnc32)[C@@H]2OC(C)(C)O[C@@H]21. The number of hydrogen-bond acceptors (Lipinski definition) is 26. The molecule has 12 rings (SSSR count). The second kappa shape index (κ2) is 36.4. The molecule has 12 atom stereocenters. The summed E-state index contributed by atoms with van der Waals surface area (Å²) in [6, 6.07) is 7.37. The van der Waals surface area contributed by atoms with Gasteiger partial charge in [-0.1, -0.05) is 108 Å². The van der Waals surface area contributed by atoms with Crippen LogP contribution in [-0.4, -0.2) is 220 Å². The first-order valence-corrected chi connectivity index (χ1v) is 36.6. The number of nitrogens with zero attached hydrogens (tertiary/aromatic N) is 14. The Bertz CT molecular complexity index is 4010. The summed E-state index contributed by atoms with van der Waals surface area (Å²) >= 11 is 0. The van der Waals surface area contributed by atoms with Crippen LogP contribution in [0.25, 0.3) is 33.5 Å². The Labute approximate surface area is 619 Å². The molecule has 12 N–H and O–H groups in total. The number of nitrogen functional groups attached to an aromatic ring is 3. The summed E-state index contributed by atoms with van der Waals surface area (Å²) in [6.07, 6.45) is 8.87. The number of carboxylic acids is 1. The number of nitrogens with one attached hydrogen (secondary N) is 3. The van der Waals surface area contributed by atoms with E-state index < -0.39 is 48.3 Å². The third-order valence-electron chi connectivity index (χ3n) is 18.5. The molecular weight excluding hydrogens is 1370 g/mol. The van der Waals surface area contributed by atoms with E-state index in [0.717, 1.165) is 39.2 Å². The zero-order chi connectivity index (χ0) is 77.6. The highest BCUT2D eigenvalue weighted by Crippen LogP contribution is 2.46. The number of carbonyl (C=O) groups excluding carboxylic acids is 3. The van der Waals surface area contributed by atoms with Crippen molar-refractivity contribution >= 4 is 80.4 Å².